The summed E-state index contributed by atoms with van der Waals surface area (Å²) in [6.45, 7) is 4.59. The lowest BCUT2D eigenvalue weighted by Crippen LogP contribution is -2.33. The van der Waals surface area contributed by atoms with Gasteiger partial charge in [0.1, 0.15) is 0 Å². The third kappa shape index (κ3) is 3.71. The summed E-state index contributed by atoms with van der Waals surface area (Å²) in [5.41, 5.74) is 6.00. The number of aromatic nitrogens is 1. The molecule has 0 bridgehead atoms. The number of nitrogens with zero attached hydrogens (tertiary/aromatic N) is 1. The van der Waals surface area contributed by atoms with Crippen molar-refractivity contribution in [3.63, 3.8) is 0 Å². The van der Waals surface area contributed by atoms with Crippen molar-refractivity contribution in [1.29, 1.82) is 0 Å². The Morgan fingerprint density at radius 1 is 1.33 bits per heavy atom. The molecule has 0 saturated carbocycles. The molecular weight excluding hydrogens is 372 g/mol. The van der Waals surface area contributed by atoms with Crippen LogP contribution in [-0.2, 0) is 9.57 Å². The lowest BCUT2D eigenvalue weighted by atomic mass is 10.2. The van der Waals surface area contributed by atoms with Gasteiger partial charge in [0.2, 0.25) is 0 Å². The highest BCUT2D eigenvalue weighted by Gasteiger charge is 2.20. The molecule has 0 radical (unpaired) electrons. The molecule has 0 spiro atoms. The van der Waals surface area contributed by atoms with Crippen LogP contribution in [0.4, 0.5) is 0 Å². The van der Waals surface area contributed by atoms with E-state index >= 15 is 0 Å². The van der Waals surface area contributed by atoms with Crippen molar-refractivity contribution >= 4 is 21.8 Å². The number of rotatable bonds is 4. The van der Waals surface area contributed by atoms with E-state index < -0.39 is 0 Å². The SMILES string of the molecule is Cc1cc(C(=O)NOC2CCCCO2)c(C)n1-c1cccc(Br)c1. The van der Waals surface area contributed by atoms with Crippen LogP contribution in [0.5, 0.6) is 0 Å². The predicted octanol–water partition coefficient (Wildman–Crippen LogP) is 4.04. The summed E-state index contributed by atoms with van der Waals surface area (Å²) in [5, 5.41) is 0. The van der Waals surface area contributed by atoms with E-state index in [0.29, 0.717) is 12.2 Å². The molecular formula is C18H21BrN2O3. The van der Waals surface area contributed by atoms with Gasteiger partial charge in [0.05, 0.1) is 5.56 Å². The van der Waals surface area contributed by atoms with Crippen molar-refractivity contribution < 1.29 is 14.4 Å². The van der Waals surface area contributed by atoms with Gasteiger partial charge in [-0.1, -0.05) is 22.0 Å². The molecule has 1 aromatic heterocycles. The predicted molar refractivity (Wildman–Crippen MR) is 95.1 cm³/mol. The second-order valence-electron chi connectivity index (χ2n) is 5.95. The zero-order chi connectivity index (χ0) is 17.1. The molecule has 1 fully saturated rings. The minimum atomic E-state index is -0.351. The third-order valence-electron chi connectivity index (χ3n) is 4.16. The number of hydrogen-bond donors (Lipinski definition) is 1. The highest BCUT2D eigenvalue weighted by atomic mass is 79.9. The van der Waals surface area contributed by atoms with Gasteiger partial charge in [0.25, 0.3) is 5.91 Å². The molecule has 1 aliphatic rings. The first kappa shape index (κ1) is 17.2. The number of carbonyl (C=O) groups is 1. The number of nitrogens with one attached hydrogen (secondary N) is 1. The standard InChI is InChI=1S/C18H21BrN2O3/c1-12-10-16(18(22)20-24-17-8-3-4-9-23-17)13(2)21(12)15-7-5-6-14(19)11-15/h5-7,10-11,17H,3-4,8-9H2,1-2H3,(H,20,22). The van der Waals surface area contributed by atoms with Crippen LogP contribution in [0.15, 0.2) is 34.8 Å². The molecule has 2 heterocycles. The number of hydrogen-bond acceptors (Lipinski definition) is 3. The fourth-order valence-corrected chi connectivity index (χ4v) is 3.37. The second-order valence-corrected chi connectivity index (χ2v) is 6.86. The molecule has 5 nitrogen and oxygen atoms in total. The normalized spacial score (nSPS) is 17.7. The molecule has 3 rings (SSSR count). The Morgan fingerprint density at radius 3 is 2.88 bits per heavy atom. The molecule has 2 aromatic rings. The van der Waals surface area contributed by atoms with Crippen LogP contribution in [0.25, 0.3) is 5.69 Å². The van der Waals surface area contributed by atoms with Crippen LogP contribution < -0.4 is 5.48 Å². The summed E-state index contributed by atoms with van der Waals surface area (Å²) in [6, 6.07) is 9.86. The fraction of sp³-hybridized carbons (Fsp3) is 0.389. The van der Waals surface area contributed by atoms with Gasteiger partial charge >= 0.3 is 0 Å². The zero-order valence-electron chi connectivity index (χ0n) is 13.8. The highest BCUT2D eigenvalue weighted by Crippen LogP contribution is 2.23. The van der Waals surface area contributed by atoms with Crippen molar-refractivity contribution in [2.45, 2.75) is 39.4 Å². The fourth-order valence-electron chi connectivity index (χ4n) is 2.98. The van der Waals surface area contributed by atoms with Crippen LogP contribution in [0, 0.1) is 13.8 Å². The van der Waals surface area contributed by atoms with Crippen LogP contribution in [0.3, 0.4) is 0 Å². The number of carbonyl (C=O) groups excluding carboxylic acids is 1. The van der Waals surface area contributed by atoms with E-state index in [0.717, 1.165) is 40.8 Å². The van der Waals surface area contributed by atoms with Crippen molar-refractivity contribution in [3.05, 3.63) is 51.8 Å². The molecule has 6 heteroatoms. The smallest absolute Gasteiger partial charge is 0.276 e. The van der Waals surface area contributed by atoms with Crippen LogP contribution >= 0.6 is 15.9 Å². The largest absolute Gasteiger partial charge is 0.350 e. The van der Waals surface area contributed by atoms with Crippen LogP contribution in [0.1, 0.15) is 41.0 Å². The molecule has 1 N–H and O–H groups in total. The Labute approximate surface area is 150 Å². The molecule has 1 aliphatic heterocycles. The number of hydroxylamine groups is 1. The number of aryl methyl sites for hydroxylation is 1. The summed E-state index contributed by atoms with van der Waals surface area (Å²) in [6.07, 6.45) is 2.55. The molecule has 24 heavy (non-hydrogen) atoms. The van der Waals surface area contributed by atoms with E-state index in [1.807, 2.05) is 44.2 Å². The monoisotopic (exact) mass is 392 g/mol. The van der Waals surface area contributed by atoms with Crippen molar-refractivity contribution in [1.82, 2.24) is 10.0 Å². The maximum Gasteiger partial charge on any atom is 0.276 e. The summed E-state index contributed by atoms with van der Waals surface area (Å²) in [7, 11) is 0. The van der Waals surface area contributed by atoms with Gasteiger partial charge in [-0.3, -0.25) is 4.79 Å². The lowest BCUT2D eigenvalue weighted by molar-refractivity contribution is -0.186. The van der Waals surface area contributed by atoms with E-state index in [4.69, 9.17) is 9.57 Å². The van der Waals surface area contributed by atoms with Crippen LogP contribution in [0.2, 0.25) is 0 Å². The Bertz CT molecular complexity index is 736. The minimum absolute atomic E-state index is 0.251. The number of ether oxygens (including phenoxy) is 1. The molecule has 0 aliphatic carbocycles. The number of benzene rings is 1. The number of halogens is 1. The quantitative estimate of drug-likeness (QED) is 0.798. The second kappa shape index (κ2) is 7.51. The van der Waals surface area contributed by atoms with E-state index in [9.17, 15) is 4.79 Å². The van der Waals surface area contributed by atoms with E-state index in [2.05, 4.69) is 26.0 Å². The maximum atomic E-state index is 12.5. The van der Waals surface area contributed by atoms with Crippen LogP contribution in [-0.4, -0.2) is 23.4 Å². The molecule has 1 saturated heterocycles. The lowest BCUT2D eigenvalue weighted by Gasteiger charge is -2.22. The topological polar surface area (TPSA) is 52.5 Å². The zero-order valence-corrected chi connectivity index (χ0v) is 15.4. The average Bonchev–Trinajstić information content (AvgIpc) is 2.88. The average molecular weight is 393 g/mol. The Balaban J connectivity index is 1.76. The van der Waals surface area contributed by atoms with Crippen molar-refractivity contribution in [3.8, 4) is 5.69 Å². The first-order valence-electron chi connectivity index (χ1n) is 8.09. The van der Waals surface area contributed by atoms with E-state index in [1.54, 1.807) is 0 Å². The maximum absolute atomic E-state index is 12.5. The highest BCUT2D eigenvalue weighted by molar-refractivity contribution is 9.10. The molecule has 1 amide bonds. The molecule has 128 valence electrons. The van der Waals surface area contributed by atoms with E-state index in [1.165, 1.54) is 0 Å². The summed E-state index contributed by atoms with van der Waals surface area (Å²) in [5.74, 6) is -0.251. The third-order valence-corrected chi connectivity index (χ3v) is 4.66. The van der Waals surface area contributed by atoms with Gasteiger partial charge in [-0.2, -0.15) is 0 Å². The first-order valence-corrected chi connectivity index (χ1v) is 8.88. The minimum Gasteiger partial charge on any atom is -0.350 e. The van der Waals surface area contributed by atoms with Gasteiger partial charge in [-0.05, 0) is 51.0 Å². The summed E-state index contributed by atoms with van der Waals surface area (Å²) < 4.78 is 8.51. The van der Waals surface area contributed by atoms with E-state index in [-0.39, 0.29) is 12.2 Å². The van der Waals surface area contributed by atoms with Gasteiger partial charge in [-0.15, -0.1) is 0 Å². The van der Waals surface area contributed by atoms with Gasteiger partial charge in [0.15, 0.2) is 6.29 Å². The van der Waals surface area contributed by atoms with Gasteiger partial charge < -0.3 is 9.30 Å². The molecule has 1 aromatic carbocycles. The number of amides is 1. The van der Waals surface area contributed by atoms with Gasteiger partial charge in [-0.25, -0.2) is 10.3 Å². The Hall–Kier alpha value is -1.63. The summed E-state index contributed by atoms with van der Waals surface area (Å²) >= 11 is 3.49. The van der Waals surface area contributed by atoms with Crippen molar-refractivity contribution in [2.75, 3.05) is 6.61 Å². The van der Waals surface area contributed by atoms with Crippen molar-refractivity contribution in [2.24, 2.45) is 0 Å². The molecule has 1 atom stereocenters. The first-order chi connectivity index (χ1) is 11.6. The summed E-state index contributed by atoms with van der Waals surface area (Å²) in [4.78, 5) is 17.8. The Morgan fingerprint density at radius 2 is 2.17 bits per heavy atom. The van der Waals surface area contributed by atoms with Gasteiger partial charge in [0, 0.05) is 34.6 Å². The Kier molecular flexibility index (Phi) is 5.38. The molecule has 1 unspecified atom stereocenters.